The maximum Gasteiger partial charge on any atom is 0.255 e. The second-order valence-corrected chi connectivity index (χ2v) is 7.19. The molecule has 2 atom stereocenters. The Morgan fingerprint density at radius 3 is 3.20 bits per heavy atom. The lowest BCUT2D eigenvalue weighted by Crippen LogP contribution is -2.58. The molecule has 5 heteroatoms. The summed E-state index contributed by atoms with van der Waals surface area (Å²) in [4.78, 5) is 19.5. The normalized spacial score (nSPS) is 26.4. The molecular weight excluding hydrogens is 316 g/mol. The Kier molecular flexibility index (Phi) is 4.44. The molecule has 3 heterocycles. The van der Waals surface area contributed by atoms with E-state index in [2.05, 4.69) is 4.98 Å². The number of amides is 1. The van der Waals surface area contributed by atoms with Crippen LogP contribution in [0, 0.1) is 5.41 Å². The SMILES string of the molecule is COC[C@]12CCCO[C@@H]1CCN(C(=O)c1cnc3ccccc3c1)C2. The highest BCUT2D eigenvalue weighted by Gasteiger charge is 2.47. The molecule has 2 aliphatic rings. The summed E-state index contributed by atoms with van der Waals surface area (Å²) in [6.45, 7) is 2.87. The van der Waals surface area contributed by atoms with Crippen molar-refractivity contribution in [2.45, 2.75) is 25.4 Å². The third kappa shape index (κ3) is 3.02. The Hall–Kier alpha value is -1.98. The van der Waals surface area contributed by atoms with Gasteiger partial charge in [0.25, 0.3) is 5.91 Å². The fourth-order valence-electron chi connectivity index (χ4n) is 4.33. The number of carbonyl (C=O) groups excluding carboxylic acids is 1. The lowest BCUT2D eigenvalue weighted by atomic mass is 9.73. The van der Waals surface area contributed by atoms with Gasteiger partial charge in [-0.2, -0.15) is 0 Å². The minimum Gasteiger partial charge on any atom is -0.384 e. The van der Waals surface area contributed by atoms with Gasteiger partial charge in [0.15, 0.2) is 0 Å². The second kappa shape index (κ2) is 6.73. The van der Waals surface area contributed by atoms with Crippen LogP contribution in [0.15, 0.2) is 36.5 Å². The third-order valence-electron chi connectivity index (χ3n) is 5.54. The Morgan fingerprint density at radius 1 is 1.44 bits per heavy atom. The lowest BCUT2D eigenvalue weighted by Gasteiger charge is -2.50. The fraction of sp³-hybridized carbons (Fsp3) is 0.500. The number of fused-ring (bicyclic) bond motifs is 2. The highest BCUT2D eigenvalue weighted by Crippen LogP contribution is 2.40. The molecule has 0 unspecified atom stereocenters. The van der Waals surface area contributed by atoms with Crippen molar-refractivity contribution in [2.75, 3.05) is 33.4 Å². The smallest absolute Gasteiger partial charge is 0.255 e. The highest BCUT2D eigenvalue weighted by molar-refractivity contribution is 5.97. The minimum atomic E-state index is -0.0782. The molecule has 0 bridgehead atoms. The Labute approximate surface area is 147 Å². The number of nitrogens with zero attached hydrogens (tertiary/aromatic N) is 2. The van der Waals surface area contributed by atoms with Crippen molar-refractivity contribution in [3.8, 4) is 0 Å². The summed E-state index contributed by atoms with van der Waals surface area (Å²) in [7, 11) is 1.73. The summed E-state index contributed by atoms with van der Waals surface area (Å²) in [5, 5.41) is 0.996. The summed E-state index contributed by atoms with van der Waals surface area (Å²) in [6.07, 6.45) is 4.83. The molecule has 2 aliphatic heterocycles. The predicted molar refractivity (Wildman–Crippen MR) is 95.5 cm³/mol. The number of hydrogen-bond acceptors (Lipinski definition) is 4. The number of para-hydroxylation sites is 1. The quantitative estimate of drug-likeness (QED) is 0.862. The van der Waals surface area contributed by atoms with E-state index < -0.39 is 0 Å². The van der Waals surface area contributed by atoms with Crippen LogP contribution in [0.4, 0.5) is 0 Å². The maximum atomic E-state index is 13.1. The Morgan fingerprint density at radius 2 is 2.32 bits per heavy atom. The van der Waals surface area contributed by atoms with E-state index in [0.29, 0.717) is 18.7 Å². The highest BCUT2D eigenvalue weighted by atomic mass is 16.5. The zero-order valence-corrected chi connectivity index (χ0v) is 14.6. The molecule has 2 saturated heterocycles. The van der Waals surface area contributed by atoms with E-state index in [1.54, 1.807) is 13.3 Å². The number of carbonyl (C=O) groups is 1. The van der Waals surface area contributed by atoms with Crippen LogP contribution in [-0.4, -0.2) is 55.3 Å². The summed E-state index contributed by atoms with van der Waals surface area (Å²) < 4.78 is 11.5. The van der Waals surface area contributed by atoms with Crippen LogP contribution < -0.4 is 0 Å². The molecule has 0 saturated carbocycles. The molecule has 0 spiro atoms. The van der Waals surface area contributed by atoms with Gasteiger partial charge in [-0.25, -0.2) is 0 Å². The molecule has 1 aromatic carbocycles. The van der Waals surface area contributed by atoms with Crippen molar-refractivity contribution >= 4 is 16.8 Å². The van der Waals surface area contributed by atoms with E-state index in [9.17, 15) is 4.79 Å². The number of rotatable bonds is 3. The maximum absolute atomic E-state index is 13.1. The van der Waals surface area contributed by atoms with Crippen LogP contribution in [-0.2, 0) is 9.47 Å². The first-order chi connectivity index (χ1) is 12.2. The van der Waals surface area contributed by atoms with Gasteiger partial charge >= 0.3 is 0 Å². The van der Waals surface area contributed by atoms with Gasteiger partial charge in [-0.1, -0.05) is 18.2 Å². The molecule has 4 rings (SSSR count). The van der Waals surface area contributed by atoms with Gasteiger partial charge in [0.1, 0.15) is 0 Å². The number of ether oxygens (including phenoxy) is 2. The van der Waals surface area contributed by atoms with Crippen molar-refractivity contribution in [3.63, 3.8) is 0 Å². The van der Waals surface area contributed by atoms with E-state index in [0.717, 1.165) is 43.3 Å². The number of hydrogen-bond donors (Lipinski definition) is 0. The number of aromatic nitrogens is 1. The van der Waals surface area contributed by atoms with Gasteiger partial charge in [-0.15, -0.1) is 0 Å². The van der Waals surface area contributed by atoms with Crippen molar-refractivity contribution in [1.29, 1.82) is 0 Å². The number of benzene rings is 1. The standard InChI is InChI=1S/C20H24N2O3/c1-24-14-20-8-4-10-25-18(20)7-9-22(13-20)19(23)16-11-15-5-2-3-6-17(15)21-12-16/h2-3,5-6,11-12,18H,4,7-10,13-14H2,1H3/t18-,20-/m1/s1. The van der Waals surface area contributed by atoms with Crippen molar-refractivity contribution in [3.05, 3.63) is 42.1 Å². The first kappa shape index (κ1) is 16.5. The Balaban J connectivity index is 1.58. The average molecular weight is 340 g/mol. The molecule has 0 radical (unpaired) electrons. The van der Waals surface area contributed by atoms with E-state index >= 15 is 0 Å². The summed E-state index contributed by atoms with van der Waals surface area (Å²) >= 11 is 0. The first-order valence-corrected chi connectivity index (χ1v) is 8.96. The number of piperidine rings is 1. The third-order valence-corrected chi connectivity index (χ3v) is 5.54. The fourth-order valence-corrected chi connectivity index (χ4v) is 4.33. The molecule has 1 aromatic heterocycles. The largest absolute Gasteiger partial charge is 0.384 e. The zero-order chi connectivity index (χ0) is 17.3. The van der Waals surface area contributed by atoms with Gasteiger partial charge in [-0.3, -0.25) is 9.78 Å². The van der Waals surface area contributed by atoms with E-state index in [4.69, 9.17) is 9.47 Å². The van der Waals surface area contributed by atoms with Crippen LogP contribution >= 0.6 is 0 Å². The predicted octanol–water partition coefficient (Wildman–Crippen LogP) is 2.89. The molecule has 1 amide bonds. The molecule has 25 heavy (non-hydrogen) atoms. The van der Waals surface area contributed by atoms with Crippen molar-refractivity contribution < 1.29 is 14.3 Å². The molecule has 0 aliphatic carbocycles. The van der Waals surface area contributed by atoms with Gasteiger partial charge in [-0.05, 0) is 31.4 Å². The molecule has 0 N–H and O–H groups in total. The number of likely N-dealkylation sites (tertiary alicyclic amines) is 1. The van der Waals surface area contributed by atoms with Crippen molar-refractivity contribution in [1.82, 2.24) is 9.88 Å². The number of pyridine rings is 1. The molecule has 132 valence electrons. The topological polar surface area (TPSA) is 51.7 Å². The van der Waals surface area contributed by atoms with Gasteiger partial charge in [0, 0.05) is 43.8 Å². The van der Waals surface area contributed by atoms with Crippen molar-refractivity contribution in [2.24, 2.45) is 5.41 Å². The van der Waals surface area contributed by atoms with Crippen LogP contribution in [0.3, 0.4) is 0 Å². The lowest BCUT2D eigenvalue weighted by molar-refractivity contribution is -0.142. The molecule has 2 fully saturated rings. The van der Waals surface area contributed by atoms with E-state index in [-0.39, 0.29) is 17.4 Å². The summed E-state index contributed by atoms with van der Waals surface area (Å²) in [5.74, 6) is 0.0535. The average Bonchev–Trinajstić information content (AvgIpc) is 2.66. The number of methoxy groups -OCH3 is 1. The van der Waals surface area contributed by atoms with Gasteiger partial charge < -0.3 is 14.4 Å². The monoisotopic (exact) mass is 340 g/mol. The van der Waals surface area contributed by atoms with Crippen LogP contribution in [0.25, 0.3) is 10.9 Å². The second-order valence-electron chi connectivity index (χ2n) is 7.19. The molecule has 2 aromatic rings. The summed E-state index contributed by atoms with van der Waals surface area (Å²) in [5.41, 5.74) is 1.49. The molecule has 5 nitrogen and oxygen atoms in total. The van der Waals surface area contributed by atoms with Gasteiger partial charge in [0.05, 0.1) is 23.8 Å². The molecular formula is C20H24N2O3. The zero-order valence-electron chi connectivity index (χ0n) is 14.6. The first-order valence-electron chi connectivity index (χ1n) is 8.96. The minimum absolute atomic E-state index is 0.0535. The Bertz CT molecular complexity index is 774. The summed E-state index contributed by atoms with van der Waals surface area (Å²) in [6, 6.07) is 9.82. The van der Waals surface area contributed by atoms with Crippen LogP contribution in [0.2, 0.25) is 0 Å². The van der Waals surface area contributed by atoms with E-state index in [1.165, 1.54) is 0 Å². The van der Waals surface area contributed by atoms with E-state index in [1.807, 2.05) is 35.2 Å². The van der Waals surface area contributed by atoms with Crippen LogP contribution in [0.1, 0.15) is 29.6 Å². The van der Waals surface area contributed by atoms with Crippen LogP contribution in [0.5, 0.6) is 0 Å². The van der Waals surface area contributed by atoms with Gasteiger partial charge in [0.2, 0.25) is 0 Å².